The van der Waals surface area contributed by atoms with Gasteiger partial charge in [-0.1, -0.05) is 0 Å². The molecule has 17 heavy (non-hydrogen) atoms. The van der Waals surface area contributed by atoms with Crippen LogP contribution in [0.1, 0.15) is 35.2 Å². The topological polar surface area (TPSA) is 40.5 Å². The summed E-state index contributed by atoms with van der Waals surface area (Å²) in [6, 6.07) is 5.56. The lowest BCUT2D eigenvalue weighted by molar-refractivity contribution is 0.0697. The Morgan fingerprint density at radius 1 is 1.41 bits per heavy atom. The molecular weight excluding hydrogens is 214 g/mol. The maximum atomic E-state index is 10.9. The molecule has 0 radical (unpaired) electrons. The van der Waals surface area contributed by atoms with E-state index in [2.05, 4.69) is 4.90 Å². The molecule has 3 rings (SSSR count). The number of carboxylic acids is 1. The molecule has 1 saturated carbocycles. The van der Waals surface area contributed by atoms with Crippen molar-refractivity contribution in [2.45, 2.75) is 25.7 Å². The minimum absolute atomic E-state index is 0.414. The van der Waals surface area contributed by atoms with Crippen LogP contribution < -0.4 is 4.90 Å². The molecule has 1 aromatic carbocycles. The lowest BCUT2D eigenvalue weighted by Gasteiger charge is -2.31. The second kappa shape index (κ2) is 4.06. The first-order valence-electron chi connectivity index (χ1n) is 6.35. The van der Waals surface area contributed by atoms with Crippen molar-refractivity contribution >= 4 is 11.7 Å². The molecule has 0 spiro atoms. The molecule has 1 aliphatic carbocycles. The summed E-state index contributed by atoms with van der Waals surface area (Å²) in [4.78, 5) is 13.4. The van der Waals surface area contributed by atoms with Crippen LogP contribution >= 0.6 is 0 Å². The first-order valence-corrected chi connectivity index (χ1v) is 6.35. The third kappa shape index (κ3) is 2.14. The number of rotatable bonds is 3. The van der Waals surface area contributed by atoms with Crippen LogP contribution in [0.25, 0.3) is 0 Å². The van der Waals surface area contributed by atoms with Crippen molar-refractivity contribution in [3.63, 3.8) is 0 Å². The second-order valence-electron chi connectivity index (χ2n) is 5.14. The monoisotopic (exact) mass is 231 g/mol. The van der Waals surface area contributed by atoms with Gasteiger partial charge in [0.1, 0.15) is 0 Å². The van der Waals surface area contributed by atoms with Gasteiger partial charge in [-0.15, -0.1) is 0 Å². The van der Waals surface area contributed by atoms with E-state index in [4.69, 9.17) is 5.11 Å². The summed E-state index contributed by atoms with van der Waals surface area (Å²) < 4.78 is 0. The molecule has 0 amide bonds. The average Bonchev–Trinajstić information content (AvgIpc) is 3.12. The van der Waals surface area contributed by atoms with Crippen LogP contribution in [-0.4, -0.2) is 24.2 Å². The SMILES string of the molecule is O=C(O)c1ccc2c(c1)CCCN2CC1CC1. The normalized spacial score (nSPS) is 18.9. The molecule has 3 nitrogen and oxygen atoms in total. The Labute approximate surface area is 101 Å². The van der Waals surface area contributed by atoms with E-state index in [1.54, 1.807) is 6.07 Å². The molecule has 2 aliphatic rings. The van der Waals surface area contributed by atoms with Gasteiger partial charge >= 0.3 is 5.97 Å². The number of aryl methyl sites for hydroxylation is 1. The van der Waals surface area contributed by atoms with E-state index in [1.807, 2.05) is 12.1 Å². The van der Waals surface area contributed by atoms with Crippen LogP contribution in [0.5, 0.6) is 0 Å². The summed E-state index contributed by atoms with van der Waals surface area (Å²) >= 11 is 0. The Bertz CT molecular complexity index is 452. The van der Waals surface area contributed by atoms with Crippen molar-refractivity contribution in [2.75, 3.05) is 18.0 Å². The predicted octanol–water partition coefficient (Wildman–Crippen LogP) is 2.55. The molecule has 0 atom stereocenters. The number of benzene rings is 1. The summed E-state index contributed by atoms with van der Waals surface area (Å²) in [6.45, 7) is 2.27. The van der Waals surface area contributed by atoms with Gasteiger partial charge in [-0.3, -0.25) is 0 Å². The van der Waals surface area contributed by atoms with Crippen LogP contribution in [0.2, 0.25) is 0 Å². The van der Waals surface area contributed by atoms with E-state index in [1.165, 1.54) is 24.1 Å². The largest absolute Gasteiger partial charge is 0.478 e. The number of aromatic carboxylic acids is 1. The van der Waals surface area contributed by atoms with Gasteiger partial charge in [0.25, 0.3) is 0 Å². The molecule has 0 aromatic heterocycles. The van der Waals surface area contributed by atoms with Gasteiger partial charge < -0.3 is 10.0 Å². The van der Waals surface area contributed by atoms with Gasteiger partial charge in [0.2, 0.25) is 0 Å². The molecule has 1 fully saturated rings. The number of fused-ring (bicyclic) bond motifs is 1. The van der Waals surface area contributed by atoms with Crippen molar-refractivity contribution in [2.24, 2.45) is 5.92 Å². The summed E-state index contributed by atoms with van der Waals surface area (Å²) in [5, 5.41) is 8.99. The Balaban J connectivity index is 1.88. The van der Waals surface area contributed by atoms with Crippen molar-refractivity contribution in [1.82, 2.24) is 0 Å². The molecule has 0 saturated heterocycles. The molecule has 1 heterocycles. The van der Waals surface area contributed by atoms with Crippen LogP contribution in [0.3, 0.4) is 0 Å². The third-order valence-electron chi connectivity index (χ3n) is 3.72. The number of carbonyl (C=O) groups is 1. The maximum absolute atomic E-state index is 10.9. The van der Waals surface area contributed by atoms with Gasteiger partial charge in [-0.05, 0) is 55.4 Å². The van der Waals surface area contributed by atoms with E-state index in [0.29, 0.717) is 5.56 Å². The molecule has 1 aliphatic heterocycles. The standard InChI is InChI=1S/C14H17NO2/c16-14(17)12-5-6-13-11(8-12)2-1-7-15(13)9-10-3-4-10/h5-6,8,10H,1-4,7,9H2,(H,16,17). The van der Waals surface area contributed by atoms with Crippen LogP contribution in [-0.2, 0) is 6.42 Å². The van der Waals surface area contributed by atoms with Gasteiger partial charge in [-0.25, -0.2) is 4.79 Å². The highest BCUT2D eigenvalue weighted by molar-refractivity contribution is 5.88. The fourth-order valence-corrected chi connectivity index (χ4v) is 2.61. The molecule has 90 valence electrons. The lowest BCUT2D eigenvalue weighted by Crippen LogP contribution is -2.31. The van der Waals surface area contributed by atoms with Gasteiger partial charge in [0.05, 0.1) is 5.56 Å². The van der Waals surface area contributed by atoms with Gasteiger partial charge in [0.15, 0.2) is 0 Å². The minimum Gasteiger partial charge on any atom is -0.478 e. The fraction of sp³-hybridized carbons (Fsp3) is 0.500. The highest BCUT2D eigenvalue weighted by atomic mass is 16.4. The van der Waals surface area contributed by atoms with Crippen molar-refractivity contribution in [1.29, 1.82) is 0 Å². The molecule has 1 N–H and O–H groups in total. The highest BCUT2D eigenvalue weighted by Gasteiger charge is 2.27. The molecule has 1 aromatic rings. The molecule has 3 heteroatoms. The molecule has 0 bridgehead atoms. The molecule has 0 unspecified atom stereocenters. The number of anilines is 1. The fourth-order valence-electron chi connectivity index (χ4n) is 2.61. The van der Waals surface area contributed by atoms with Gasteiger partial charge in [0, 0.05) is 18.8 Å². The second-order valence-corrected chi connectivity index (χ2v) is 5.14. The van der Waals surface area contributed by atoms with E-state index in [9.17, 15) is 4.79 Å². The number of carboxylic acid groups (broad SMARTS) is 1. The minimum atomic E-state index is -0.827. The van der Waals surface area contributed by atoms with E-state index in [-0.39, 0.29) is 0 Å². The summed E-state index contributed by atoms with van der Waals surface area (Å²) in [6.07, 6.45) is 4.87. The lowest BCUT2D eigenvalue weighted by atomic mass is 9.99. The Morgan fingerprint density at radius 2 is 2.24 bits per heavy atom. The number of nitrogens with zero attached hydrogens (tertiary/aromatic N) is 1. The van der Waals surface area contributed by atoms with E-state index >= 15 is 0 Å². The summed E-state index contributed by atoms with van der Waals surface area (Å²) in [7, 11) is 0. The predicted molar refractivity (Wildman–Crippen MR) is 66.7 cm³/mol. The summed E-state index contributed by atoms with van der Waals surface area (Å²) in [5.41, 5.74) is 2.88. The third-order valence-corrected chi connectivity index (χ3v) is 3.72. The van der Waals surface area contributed by atoms with Crippen molar-refractivity contribution in [3.05, 3.63) is 29.3 Å². The quantitative estimate of drug-likeness (QED) is 0.869. The average molecular weight is 231 g/mol. The Hall–Kier alpha value is -1.51. The Morgan fingerprint density at radius 3 is 2.94 bits per heavy atom. The molecular formula is C14H17NO2. The van der Waals surface area contributed by atoms with Crippen LogP contribution in [0.15, 0.2) is 18.2 Å². The zero-order valence-electron chi connectivity index (χ0n) is 9.85. The van der Waals surface area contributed by atoms with Crippen molar-refractivity contribution < 1.29 is 9.90 Å². The highest BCUT2D eigenvalue weighted by Crippen LogP contribution is 2.34. The summed E-state index contributed by atoms with van der Waals surface area (Å²) in [5.74, 6) is 0.0483. The number of hydrogen-bond acceptors (Lipinski definition) is 2. The van der Waals surface area contributed by atoms with E-state index in [0.717, 1.165) is 31.8 Å². The Kier molecular flexibility index (Phi) is 2.54. The van der Waals surface area contributed by atoms with Gasteiger partial charge in [-0.2, -0.15) is 0 Å². The number of hydrogen-bond donors (Lipinski definition) is 1. The smallest absolute Gasteiger partial charge is 0.335 e. The zero-order chi connectivity index (χ0) is 11.8. The van der Waals surface area contributed by atoms with Crippen LogP contribution in [0.4, 0.5) is 5.69 Å². The van der Waals surface area contributed by atoms with Crippen molar-refractivity contribution in [3.8, 4) is 0 Å². The zero-order valence-corrected chi connectivity index (χ0v) is 9.85. The first kappa shape index (κ1) is 10.6. The maximum Gasteiger partial charge on any atom is 0.335 e. The van der Waals surface area contributed by atoms with E-state index < -0.39 is 5.97 Å². The van der Waals surface area contributed by atoms with Crippen LogP contribution in [0, 0.1) is 5.92 Å². The first-order chi connectivity index (χ1) is 8.24.